The minimum Gasteiger partial charge on any atom is -0.465 e. The van der Waals surface area contributed by atoms with Crippen LogP contribution in [-0.4, -0.2) is 33.2 Å². The molecule has 0 aromatic carbocycles. The van der Waals surface area contributed by atoms with Crippen LogP contribution in [0.5, 0.6) is 0 Å². The van der Waals surface area contributed by atoms with Gasteiger partial charge in [0.25, 0.3) is 0 Å². The second kappa shape index (κ2) is 7.95. The van der Waals surface area contributed by atoms with Gasteiger partial charge in [-0.25, -0.2) is 0 Å². The highest BCUT2D eigenvalue weighted by molar-refractivity contribution is 6.80. The van der Waals surface area contributed by atoms with Crippen molar-refractivity contribution in [3.63, 3.8) is 0 Å². The first-order chi connectivity index (χ1) is 10.7. The first-order valence-corrected chi connectivity index (χ1v) is 11.9. The van der Waals surface area contributed by atoms with Gasteiger partial charge in [0, 0.05) is 0 Å². The van der Waals surface area contributed by atoms with E-state index in [0.717, 1.165) is 0 Å². The summed E-state index contributed by atoms with van der Waals surface area (Å²) in [6, 6.07) is 0. The minimum absolute atomic E-state index is 0.0800. The van der Waals surface area contributed by atoms with E-state index in [1.54, 1.807) is 13.8 Å². The van der Waals surface area contributed by atoms with Gasteiger partial charge in [-0.15, -0.1) is 6.58 Å². The molecule has 5 heteroatoms. The third kappa shape index (κ3) is 4.80. The molecule has 0 N–H and O–H groups in total. The molecule has 4 nitrogen and oxygen atoms in total. The third-order valence-electron chi connectivity index (χ3n) is 4.20. The minimum atomic E-state index is -1.35. The standard InChI is InChI=1S/C18H30O4Si/c1-7-14-12-18(16(19)21-8-2,17(20)22-9-3)13-15(14)10-11-23(4,5)6/h7,10-11,14-15H,1,8-9,12-13H2,2-6H3/b11-10+. The SMILES string of the molecule is C=CC1CC(C(=O)OCC)(C(=O)OCC)CC1/C=C/[Si](C)(C)C. The lowest BCUT2D eigenvalue weighted by molar-refractivity contribution is -0.171. The largest absolute Gasteiger partial charge is 0.465 e. The molecule has 0 spiro atoms. The number of allylic oxidation sites excluding steroid dienone is 2. The van der Waals surface area contributed by atoms with Crippen LogP contribution in [0, 0.1) is 17.3 Å². The highest BCUT2D eigenvalue weighted by atomic mass is 28.3. The van der Waals surface area contributed by atoms with Crippen LogP contribution < -0.4 is 0 Å². The number of hydrogen-bond donors (Lipinski definition) is 0. The Kier molecular flexibility index (Phi) is 6.80. The molecule has 0 amide bonds. The zero-order valence-electron chi connectivity index (χ0n) is 15.1. The molecule has 1 aliphatic carbocycles. The average molecular weight is 339 g/mol. The van der Waals surface area contributed by atoms with Crippen LogP contribution in [0.2, 0.25) is 19.6 Å². The molecule has 0 bridgehead atoms. The van der Waals surface area contributed by atoms with E-state index in [0.29, 0.717) is 12.8 Å². The lowest BCUT2D eigenvalue weighted by Gasteiger charge is -2.24. The van der Waals surface area contributed by atoms with Gasteiger partial charge in [-0.2, -0.15) is 0 Å². The summed E-state index contributed by atoms with van der Waals surface area (Å²) in [5, 5.41) is 0. The quantitative estimate of drug-likeness (QED) is 0.307. The van der Waals surface area contributed by atoms with E-state index in [-0.39, 0.29) is 25.0 Å². The first kappa shape index (κ1) is 19.7. The van der Waals surface area contributed by atoms with Gasteiger partial charge >= 0.3 is 11.9 Å². The van der Waals surface area contributed by atoms with Crippen molar-refractivity contribution >= 4 is 20.0 Å². The summed E-state index contributed by atoms with van der Waals surface area (Å²) in [6.45, 7) is 14.7. The molecule has 130 valence electrons. The van der Waals surface area contributed by atoms with Gasteiger partial charge in [-0.05, 0) is 38.5 Å². The zero-order chi connectivity index (χ0) is 17.7. The Labute approximate surface area is 140 Å². The van der Waals surface area contributed by atoms with Crippen LogP contribution in [-0.2, 0) is 19.1 Å². The number of esters is 2. The van der Waals surface area contributed by atoms with Gasteiger partial charge in [-0.1, -0.05) is 37.5 Å². The predicted molar refractivity (Wildman–Crippen MR) is 94.6 cm³/mol. The molecule has 2 unspecified atom stereocenters. The van der Waals surface area contributed by atoms with E-state index in [1.165, 1.54) is 0 Å². The van der Waals surface area contributed by atoms with Crippen molar-refractivity contribution in [3.8, 4) is 0 Å². The Morgan fingerprint density at radius 3 is 1.96 bits per heavy atom. The lowest BCUT2D eigenvalue weighted by atomic mass is 9.85. The van der Waals surface area contributed by atoms with E-state index in [4.69, 9.17) is 9.47 Å². The molecule has 0 aromatic heterocycles. The van der Waals surface area contributed by atoms with E-state index >= 15 is 0 Å². The summed E-state index contributed by atoms with van der Waals surface area (Å²) >= 11 is 0. The van der Waals surface area contributed by atoms with Gasteiger partial charge in [0.05, 0.1) is 21.3 Å². The topological polar surface area (TPSA) is 52.6 Å². The fourth-order valence-electron chi connectivity index (χ4n) is 3.03. The second-order valence-corrected chi connectivity index (χ2v) is 12.3. The Hall–Kier alpha value is -1.36. The van der Waals surface area contributed by atoms with Crippen LogP contribution >= 0.6 is 0 Å². The first-order valence-electron chi connectivity index (χ1n) is 8.36. The van der Waals surface area contributed by atoms with Crippen molar-refractivity contribution in [2.45, 2.75) is 46.3 Å². The van der Waals surface area contributed by atoms with Crippen molar-refractivity contribution < 1.29 is 19.1 Å². The molecular formula is C18H30O4Si. The Morgan fingerprint density at radius 2 is 1.57 bits per heavy atom. The maximum Gasteiger partial charge on any atom is 0.323 e. The smallest absolute Gasteiger partial charge is 0.323 e. The molecule has 0 saturated heterocycles. The van der Waals surface area contributed by atoms with Crippen molar-refractivity contribution in [2.75, 3.05) is 13.2 Å². The van der Waals surface area contributed by atoms with E-state index in [9.17, 15) is 9.59 Å². The molecule has 1 rings (SSSR count). The molecule has 1 fully saturated rings. The van der Waals surface area contributed by atoms with Gasteiger partial charge < -0.3 is 9.47 Å². The van der Waals surface area contributed by atoms with Gasteiger partial charge in [-0.3, -0.25) is 9.59 Å². The number of ether oxygens (including phenoxy) is 2. The fourth-order valence-corrected chi connectivity index (χ4v) is 3.85. The molecular weight excluding hydrogens is 308 g/mol. The molecule has 0 aromatic rings. The molecule has 2 atom stereocenters. The van der Waals surface area contributed by atoms with Crippen LogP contribution in [0.15, 0.2) is 24.4 Å². The van der Waals surface area contributed by atoms with Crippen LogP contribution in [0.25, 0.3) is 0 Å². The van der Waals surface area contributed by atoms with Gasteiger partial charge in [0.2, 0.25) is 0 Å². The second-order valence-electron chi connectivity index (χ2n) is 7.22. The highest BCUT2D eigenvalue weighted by Crippen LogP contribution is 2.48. The number of carbonyl (C=O) groups is 2. The third-order valence-corrected chi connectivity index (χ3v) is 5.39. The highest BCUT2D eigenvalue weighted by Gasteiger charge is 2.56. The zero-order valence-corrected chi connectivity index (χ0v) is 16.1. The summed E-state index contributed by atoms with van der Waals surface area (Å²) in [4.78, 5) is 25.0. The van der Waals surface area contributed by atoms with Crippen molar-refractivity contribution in [1.29, 1.82) is 0 Å². The maximum atomic E-state index is 12.5. The molecule has 0 aliphatic heterocycles. The molecule has 0 radical (unpaired) electrons. The predicted octanol–water partition coefficient (Wildman–Crippen LogP) is 3.74. The van der Waals surface area contributed by atoms with Gasteiger partial charge in [0.1, 0.15) is 0 Å². The monoisotopic (exact) mass is 338 g/mol. The molecule has 1 saturated carbocycles. The normalized spacial score (nSPS) is 23.7. The maximum absolute atomic E-state index is 12.5. The average Bonchev–Trinajstić information content (AvgIpc) is 2.85. The van der Waals surface area contributed by atoms with E-state index < -0.39 is 25.4 Å². The Balaban J connectivity index is 3.13. The van der Waals surface area contributed by atoms with Crippen LogP contribution in [0.3, 0.4) is 0 Å². The molecule has 0 heterocycles. The van der Waals surface area contributed by atoms with Crippen molar-refractivity contribution in [3.05, 3.63) is 24.4 Å². The number of rotatable bonds is 7. The van der Waals surface area contributed by atoms with Crippen LogP contribution in [0.4, 0.5) is 0 Å². The summed E-state index contributed by atoms with van der Waals surface area (Å²) in [5.74, 6) is -0.729. The Bertz CT molecular complexity index is 458. The number of hydrogen-bond acceptors (Lipinski definition) is 4. The lowest BCUT2D eigenvalue weighted by Crippen LogP contribution is -2.40. The summed E-state index contributed by atoms with van der Waals surface area (Å²) in [5.41, 5.74) is 1.07. The van der Waals surface area contributed by atoms with E-state index in [1.807, 2.05) is 6.08 Å². The fraction of sp³-hybridized carbons (Fsp3) is 0.667. The van der Waals surface area contributed by atoms with Gasteiger partial charge in [0.15, 0.2) is 5.41 Å². The number of carbonyl (C=O) groups excluding carboxylic acids is 2. The van der Waals surface area contributed by atoms with Crippen molar-refractivity contribution in [2.24, 2.45) is 17.3 Å². The summed E-state index contributed by atoms with van der Waals surface area (Å²) < 4.78 is 10.4. The van der Waals surface area contributed by atoms with E-state index in [2.05, 4.69) is 38.0 Å². The van der Waals surface area contributed by atoms with Crippen molar-refractivity contribution in [1.82, 2.24) is 0 Å². The Morgan fingerprint density at radius 1 is 1.09 bits per heavy atom. The summed E-state index contributed by atoms with van der Waals surface area (Å²) in [6.07, 6.45) is 4.86. The molecule has 23 heavy (non-hydrogen) atoms. The molecule has 1 aliphatic rings. The summed E-state index contributed by atoms with van der Waals surface area (Å²) in [7, 11) is -1.35. The van der Waals surface area contributed by atoms with Crippen LogP contribution in [0.1, 0.15) is 26.7 Å².